The molecule has 0 saturated carbocycles. The molecule has 4 nitrogen and oxygen atoms in total. The van der Waals surface area contributed by atoms with Crippen LogP contribution in [0.1, 0.15) is 41.7 Å². The second kappa shape index (κ2) is 7.64. The van der Waals surface area contributed by atoms with Gasteiger partial charge in [0, 0.05) is 25.5 Å². The Balaban J connectivity index is 1.86. The van der Waals surface area contributed by atoms with Crippen LogP contribution in [0.5, 0.6) is 0 Å². The van der Waals surface area contributed by atoms with Crippen LogP contribution in [-0.4, -0.2) is 28.2 Å². The molecule has 1 aromatic carbocycles. The number of amides is 2. The van der Waals surface area contributed by atoms with Crippen molar-refractivity contribution >= 4 is 6.03 Å². The van der Waals surface area contributed by atoms with E-state index in [-0.39, 0.29) is 6.54 Å². The monoisotopic (exact) mass is 419 g/mol. The summed E-state index contributed by atoms with van der Waals surface area (Å²) < 4.78 is 81.3. The normalized spacial score (nSPS) is 18.7. The Labute approximate surface area is 163 Å². The number of likely N-dealkylation sites (tertiary alicyclic amines) is 1. The van der Waals surface area contributed by atoms with Crippen molar-refractivity contribution in [2.24, 2.45) is 7.05 Å². The van der Waals surface area contributed by atoms with E-state index < -0.39 is 41.6 Å². The SMILES string of the molecule is Cn1cccc1C1CCCN1C(=O)NC(c1cccc(C(F)(F)F)c1)C(F)(F)F. The predicted molar refractivity (Wildman–Crippen MR) is 92.9 cm³/mol. The maximum Gasteiger partial charge on any atom is 0.416 e. The molecule has 0 aliphatic carbocycles. The molecule has 0 bridgehead atoms. The van der Waals surface area contributed by atoms with Gasteiger partial charge in [-0.15, -0.1) is 0 Å². The van der Waals surface area contributed by atoms with Crippen molar-refractivity contribution in [3.8, 4) is 0 Å². The number of carbonyl (C=O) groups excluding carboxylic acids is 1. The van der Waals surface area contributed by atoms with Gasteiger partial charge in [0.05, 0.1) is 11.6 Å². The molecule has 1 aliphatic heterocycles. The van der Waals surface area contributed by atoms with Gasteiger partial charge in [0.1, 0.15) is 0 Å². The zero-order valence-electron chi connectivity index (χ0n) is 15.4. The van der Waals surface area contributed by atoms with Crippen LogP contribution in [0.15, 0.2) is 42.6 Å². The number of aromatic nitrogens is 1. The Morgan fingerprint density at radius 1 is 1.14 bits per heavy atom. The minimum Gasteiger partial charge on any atom is -0.353 e. The van der Waals surface area contributed by atoms with Gasteiger partial charge in [-0.25, -0.2) is 4.79 Å². The van der Waals surface area contributed by atoms with Gasteiger partial charge in [-0.3, -0.25) is 0 Å². The van der Waals surface area contributed by atoms with E-state index in [1.165, 1.54) is 4.90 Å². The van der Waals surface area contributed by atoms with Crippen molar-refractivity contribution < 1.29 is 31.1 Å². The minimum atomic E-state index is -4.96. The summed E-state index contributed by atoms with van der Waals surface area (Å²) in [6, 6.07) is 2.56. The van der Waals surface area contributed by atoms with E-state index in [4.69, 9.17) is 0 Å². The molecular formula is C19H19F6N3O. The Morgan fingerprint density at radius 2 is 1.86 bits per heavy atom. The molecule has 1 saturated heterocycles. The van der Waals surface area contributed by atoms with Crippen LogP contribution in [0, 0.1) is 0 Å². The van der Waals surface area contributed by atoms with Gasteiger partial charge in [-0.1, -0.05) is 12.1 Å². The fraction of sp³-hybridized carbons (Fsp3) is 0.421. The number of nitrogens with one attached hydrogen (secondary N) is 1. The maximum absolute atomic E-state index is 13.6. The fourth-order valence-electron chi connectivity index (χ4n) is 3.59. The van der Waals surface area contributed by atoms with Gasteiger partial charge in [-0.05, 0) is 42.7 Å². The number of rotatable bonds is 3. The van der Waals surface area contributed by atoms with Crippen molar-refractivity contribution in [2.75, 3.05) is 6.54 Å². The van der Waals surface area contributed by atoms with Gasteiger partial charge < -0.3 is 14.8 Å². The lowest BCUT2D eigenvalue weighted by Gasteiger charge is -2.29. The van der Waals surface area contributed by atoms with E-state index in [1.54, 1.807) is 29.9 Å². The van der Waals surface area contributed by atoms with Crippen molar-refractivity contribution in [1.82, 2.24) is 14.8 Å². The molecule has 29 heavy (non-hydrogen) atoms. The predicted octanol–water partition coefficient (Wildman–Crippen LogP) is 5.19. The number of nitrogens with zero attached hydrogens (tertiary/aromatic N) is 2. The number of halogens is 6. The molecule has 2 atom stereocenters. The Bertz CT molecular complexity index is 873. The summed E-state index contributed by atoms with van der Waals surface area (Å²) in [6.07, 6.45) is -6.78. The summed E-state index contributed by atoms with van der Waals surface area (Å²) in [7, 11) is 1.77. The highest BCUT2D eigenvalue weighted by Crippen LogP contribution is 2.37. The molecule has 10 heteroatoms. The average Bonchev–Trinajstić information content (AvgIpc) is 3.26. The van der Waals surface area contributed by atoms with Gasteiger partial charge in [0.2, 0.25) is 0 Å². The van der Waals surface area contributed by atoms with Crippen LogP contribution in [-0.2, 0) is 13.2 Å². The van der Waals surface area contributed by atoms with Crippen molar-refractivity contribution in [3.05, 3.63) is 59.4 Å². The molecule has 1 aliphatic rings. The third-order valence-electron chi connectivity index (χ3n) is 4.98. The fourth-order valence-corrected chi connectivity index (χ4v) is 3.59. The summed E-state index contributed by atoms with van der Waals surface area (Å²) >= 11 is 0. The van der Waals surface area contributed by atoms with Crippen molar-refractivity contribution in [3.63, 3.8) is 0 Å². The summed E-state index contributed by atoms with van der Waals surface area (Å²) in [5, 5.41) is 1.89. The lowest BCUT2D eigenvalue weighted by atomic mass is 10.0. The zero-order valence-corrected chi connectivity index (χ0v) is 15.4. The molecule has 0 spiro atoms. The first-order valence-corrected chi connectivity index (χ1v) is 8.90. The first-order valence-electron chi connectivity index (χ1n) is 8.90. The van der Waals surface area contributed by atoms with Gasteiger partial charge >= 0.3 is 18.4 Å². The number of hydrogen-bond donors (Lipinski definition) is 1. The van der Waals surface area contributed by atoms with Crippen LogP contribution in [0.3, 0.4) is 0 Å². The summed E-state index contributed by atoms with van der Waals surface area (Å²) in [4.78, 5) is 14.0. The standard InChI is InChI=1S/C19H19F6N3O/c1-27-9-3-7-14(27)15-8-4-10-28(15)17(29)26-16(19(23,24)25)12-5-2-6-13(11-12)18(20,21)22/h2-3,5-7,9,11,15-16H,4,8,10H2,1H3,(H,26,29). The number of aryl methyl sites for hydroxylation is 1. The van der Waals surface area contributed by atoms with E-state index in [2.05, 4.69) is 0 Å². The number of benzene rings is 1. The second-order valence-corrected chi connectivity index (χ2v) is 6.94. The van der Waals surface area contributed by atoms with E-state index in [9.17, 15) is 31.1 Å². The highest BCUT2D eigenvalue weighted by atomic mass is 19.4. The first-order chi connectivity index (χ1) is 13.5. The topological polar surface area (TPSA) is 37.3 Å². The maximum atomic E-state index is 13.6. The lowest BCUT2D eigenvalue weighted by Crippen LogP contribution is -2.45. The number of urea groups is 1. The van der Waals surface area contributed by atoms with Crippen LogP contribution in [0.4, 0.5) is 31.1 Å². The molecule has 2 heterocycles. The van der Waals surface area contributed by atoms with Crippen molar-refractivity contribution in [1.29, 1.82) is 0 Å². The van der Waals surface area contributed by atoms with Crippen LogP contribution >= 0.6 is 0 Å². The van der Waals surface area contributed by atoms with Crippen LogP contribution < -0.4 is 5.32 Å². The zero-order chi connectivity index (χ0) is 21.4. The number of alkyl halides is 6. The number of carbonyl (C=O) groups is 1. The third kappa shape index (κ3) is 4.51. The third-order valence-corrected chi connectivity index (χ3v) is 4.98. The van der Waals surface area contributed by atoms with E-state index in [0.717, 1.165) is 17.8 Å². The van der Waals surface area contributed by atoms with E-state index in [1.807, 2.05) is 5.32 Å². The molecule has 2 unspecified atom stereocenters. The van der Waals surface area contributed by atoms with Gasteiger partial charge in [0.15, 0.2) is 6.04 Å². The van der Waals surface area contributed by atoms with Gasteiger partial charge in [-0.2, -0.15) is 26.3 Å². The van der Waals surface area contributed by atoms with Crippen molar-refractivity contribution in [2.45, 2.75) is 37.3 Å². The molecule has 158 valence electrons. The largest absolute Gasteiger partial charge is 0.416 e. The summed E-state index contributed by atoms with van der Waals surface area (Å²) in [6.45, 7) is 0.259. The highest BCUT2D eigenvalue weighted by Gasteiger charge is 2.44. The summed E-state index contributed by atoms with van der Waals surface area (Å²) in [5.41, 5.74) is -1.10. The lowest BCUT2D eigenvalue weighted by molar-refractivity contribution is -0.156. The molecule has 1 fully saturated rings. The summed E-state index contributed by atoms with van der Waals surface area (Å²) in [5.74, 6) is 0. The molecule has 1 N–H and O–H groups in total. The molecule has 3 rings (SSSR count). The minimum absolute atomic E-state index is 0.259. The Morgan fingerprint density at radius 3 is 2.45 bits per heavy atom. The molecule has 0 radical (unpaired) electrons. The highest BCUT2D eigenvalue weighted by molar-refractivity contribution is 5.75. The Hall–Kier alpha value is -2.65. The quantitative estimate of drug-likeness (QED) is 0.683. The van der Waals surface area contributed by atoms with E-state index >= 15 is 0 Å². The second-order valence-electron chi connectivity index (χ2n) is 6.94. The molecule has 2 amide bonds. The average molecular weight is 419 g/mol. The smallest absolute Gasteiger partial charge is 0.353 e. The van der Waals surface area contributed by atoms with Crippen LogP contribution in [0.25, 0.3) is 0 Å². The Kier molecular flexibility index (Phi) is 5.55. The molecule has 2 aromatic rings. The molecule has 1 aromatic heterocycles. The van der Waals surface area contributed by atoms with Gasteiger partial charge in [0.25, 0.3) is 0 Å². The van der Waals surface area contributed by atoms with Crippen LogP contribution in [0.2, 0.25) is 0 Å². The van der Waals surface area contributed by atoms with E-state index in [0.29, 0.717) is 25.0 Å². The number of hydrogen-bond acceptors (Lipinski definition) is 1. The molecular weight excluding hydrogens is 400 g/mol. The first kappa shape index (κ1) is 21.1.